The first-order chi connectivity index (χ1) is 5.04. The molecule has 0 aromatic rings. The Balaban J connectivity index is 3.39. The number of halogens is 1. The largest absolute Gasteiger partial charge is 0.550 e. The van der Waals surface area contributed by atoms with Crippen LogP contribution in [0.3, 0.4) is 0 Å². The molecule has 0 saturated carbocycles. The van der Waals surface area contributed by atoms with Crippen molar-refractivity contribution in [3.63, 3.8) is 0 Å². The van der Waals surface area contributed by atoms with Crippen LogP contribution in [0.2, 0.25) is 0 Å². The zero-order chi connectivity index (χ0) is 8.85. The standard InChI is InChI=1S/C7H11ClO3/c1-5(9)6(8)3-2-4-7(10)11/h6H,2-4H2,1H3,(H,10,11)/p-1. The van der Waals surface area contributed by atoms with Gasteiger partial charge in [-0.2, -0.15) is 0 Å². The Kier molecular flexibility index (Phi) is 4.86. The molecule has 4 heteroatoms. The van der Waals surface area contributed by atoms with Gasteiger partial charge in [0.1, 0.15) is 5.78 Å². The fraction of sp³-hybridized carbons (Fsp3) is 0.714. The number of aliphatic carboxylic acids is 1. The fourth-order valence-electron chi connectivity index (χ4n) is 0.629. The van der Waals surface area contributed by atoms with E-state index < -0.39 is 11.3 Å². The monoisotopic (exact) mass is 177 g/mol. The first-order valence-electron chi connectivity index (χ1n) is 3.38. The van der Waals surface area contributed by atoms with E-state index in [1.54, 1.807) is 0 Å². The summed E-state index contributed by atoms with van der Waals surface area (Å²) in [7, 11) is 0. The highest BCUT2D eigenvalue weighted by Crippen LogP contribution is 2.07. The molecule has 0 N–H and O–H groups in total. The first-order valence-corrected chi connectivity index (χ1v) is 3.82. The van der Waals surface area contributed by atoms with E-state index in [-0.39, 0.29) is 12.2 Å². The predicted molar refractivity (Wildman–Crippen MR) is 39.2 cm³/mol. The van der Waals surface area contributed by atoms with Gasteiger partial charge in [0.15, 0.2) is 0 Å². The Morgan fingerprint density at radius 3 is 2.45 bits per heavy atom. The molecule has 0 spiro atoms. The molecule has 0 amide bonds. The van der Waals surface area contributed by atoms with Gasteiger partial charge in [0.05, 0.1) is 5.38 Å². The molecule has 0 radical (unpaired) electrons. The summed E-state index contributed by atoms with van der Waals surface area (Å²) in [5.41, 5.74) is 0. The summed E-state index contributed by atoms with van der Waals surface area (Å²) in [6, 6.07) is 0. The highest BCUT2D eigenvalue weighted by molar-refractivity contribution is 6.30. The predicted octanol–water partition coefficient (Wildman–Crippen LogP) is 0.103. The lowest BCUT2D eigenvalue weighted by Crippen LogP contribution is -2.22. The number of carboxylic acids is 1. The van der Waals surface area contributed by atoms with Gasteiger partial charge >= 0.3 is 0 Å². The third-order valence-corrected chi connectivity index (χ3v) is 1.81. The third kappa shape index (κ3) is 5.85. The maximum absolute atomic E-state index is 10.5. The van der Waals surface area contributed by atoms with Crippen LogP contribution in [0.25, 0.3) is 0 Å². The van der Waals surface area contributed by atoms with Crippen molar-refractivity contribution in [3.8, 4) is 0 Å². The minimum absolute atomic E-state index is 0.0312. The van der Waals surface area contributed by atoms with Crippen LogP contribution in [0.1, 0.15) is 26.2 Å². The lowest BCUT2D eigenvalue weighted by Gasteiger charge is -2.04. The van der Waals surface area contributed by atoms with Crippen molar-refractivity contribution in [1.29, 1.82) is 0 Å². The fourth-order valence-corrected chi connectivity index (χ4v) is 0.783. The molecule has 3 nitrogen and oxygen atoms in total. The third-order valence-electron chi connectivity index (χ3n) is 1.28. The van der Waals surface area contributed by atoms with E-state index in [1.165, 1.54) is 6.92 Å². The topological polar surface area (TPSA) is 57.2 Å². The van der Waals surface area contributed by atoms with E-state index in [2.05, 4.69) is 0 Å². The van der Waals surface area contributed by atoms with Gasteiger partial charge in [-0.15, -0.1) is 11.6 Å². The van der Waals surface area contributed by atoms with Crippen LogP contribution in [0.5, 0.6) is 0 Å². The molecule has 0 aromatic carbocycles. The lowest BCUT2D eigenvalue weighted by molar-refractivity contribution is -0.305. The molecule has 0 rings (SSSR count). The van der Waals surface area contributed by atoms with Crippen molar-refractivity contribution in [1.82, 2.24) is 0 Å². The summed E-state index contributed by atoms with van der Waals surface area (Å²) in [6.45, 7) is 1.39. The Hall–Kier alpha value is -0.570. The summed E-state index contributed by atoms with van der Waals surface area (Å²) in [5, 5.41) is 9.36. The van der Waals surface area contributed by atoms with Crippen molar-refractivity contribution >= 4 is 23.4 Å². The Morgan fingerprint density at radius 1 is 1.55 bits per heavy atom. The quantitative estimate of drug-likeness (QED) is 0.560. The van der Waals surface area contributed by atoms with Crippen LogP contribution in [0.15, 0.2) is 0 Å². The smallest absolute Gasteiger partial charge is 0.147 e. The summed E-state index contributed by atoms with van der Waals surface area (Å²) < 4.78 is 0. The number of alkyl halides is 1. The number of hydrogen-bond donors (Lipinski definition) is 0. The molecule has 1 atom stereocenters. The second kappa shape index (κ2) is 5.13. The molecule has 0 bridgehead atoms. The van der Waals surface area contributed by atoms with Gasteiger partial charge in [-0.3, -0.25) is 4.79 Å². The molecule has 64 valence electrons. The van der Waals surface area contributed by atoms with Gasteiger partial charge in [-0.25, -0.2) is 0 Å². The van der Waals surface area contributed by atoms with Crippen molar-refractivity contribution < 1.29 is 14.7 Å². The maximum atomic E-state index is 10.5. The van der Waals surface area contributed by atoms with E-state index in [9.17, 15) is 14.7 Å². The molecule has 1 unspecified atom stereocenters. The van der Waals surface area contributed by atoms with Crippen molar-refractivity contribution in [2.45, 2.75) is 31.6 Å². The number of carbonyl (C=O) groups excluding carboxylic acids is 2. The van der Waals surface area contributed by atoms with Crippen LogP contribution >= 0.6 is 11.6 Å². The van der Waals surface area contributed by atoms with Crippen LogP contribution in [-0.2, 0) is 9.59 Å². The van der Waals surface area contributed by atoms with E-state index in [0.29, 0.717) is 12.8 Å². The molecule has 0 aliphatic carbocycles. The average molecular weight is 178 g/mol. The lowest BCUT2D eigenvalue weighted by atomic mass is 10.1. The highest BCUT2D eigenvalue weighted by Gasteiger charge is 2.08. The van der Waals surface area contributed by atoms with E-state index in [4.69, 9.17) is 11.6 Å². The number of carboxylic acid groups (broad SMARTS) is 1. The molecule has 11 heavy (non-hydrogen) atoms. The van der Waals surface area contributed by atoms with Gasteiger partial charge in [0, 0.05) is 5.97 Å². The molecule has 0 aromatic heterocycles. The van der Waals surface area contributed by atoms with E-state index in [0.717, 1.165) is 0 Å². The molecule has 0 saturated heterocycles. The Morgan fingerprint density at radius 2 is 2.09 bits per heavy atom. The van der Waals surface area contributed by atoms with Crippen LogP contribution < -0.4 is 5.11 Å². The zero-order valence-electron chi connectivity index (χ0n) is 6.30. The van der Waals surface area contributed by atoms with Crippen molar-refractivity contribution in [3.05, 3.63) is 0 Å². The number of carbonyl (C=O) groups is 2. The number of ketones is 1. The van der Waals surface area contributed by atoms with Crippen LogP contribution in [-0.4, -0.2) is 17.1 Å². The SMILES string of the molecule is CC(=O)C(Cl)CCCC(=O)[O-]. The number of hydrogen-bond acceptors (Lipinski definition) is 3. The average Bonchev–Trinajstić information content (AvgIpc) is 1.86. The van der Waals surface area contributed by atoms with Crippen LogP contribution in [0, 0.1) is 0 Å². The normalized spacial score (nSPS) is 12.5. The van der Waals surface area contributed by atoms with E-state index >= 15 is 0 Å². The minimum atomic E-state index is -1.10. The molecule has 0 heterocycles. The van der Waals surface area contributed by atoms with Gasteiger partial charge in [-0.1, -0.05) is 0 Å². The van der Waals surface area contributed by atoms with E-state index in [1.807, 2.05) is 0 Å². The summed E-state index contributed by atoms with van der Waals surface area (Å²) >= 11 is 5.54. The summed E-state index contributed by atoms with van der Waals surface area (Å²) in [6.07, 6.45) is 0.775. The Labute approximate surface area is 70.3 Å². The number of rotatable bonds is 5. The molecule has 0 aliphatic rings. The van der Waals surface area contributed by atoms with Gasteiger partial charge in [-0.05, 0) is 26.2 Å². The first kappa shape index (κ1) is 10.4. The second-order valence-electron chi connectivity index (χ2n) is 2.34. The summed E-state index contributed by atoms with van der Waals surface area (Å²) in [4.78, 5) is 20.4. The second-order valence-corrected chi connectivity index (χ2v) is 2.87. The maximum Gasteiger partial charge on any atom is 0.147 e. The highest BCUT2D eigenvalue weighted by atomic mass is 35.5. The molecular weight excluding hydrogens is 168 g/mol. The number of Topliss-reactive ketones (excluding diaryl/α,β-unsaturated/α-hetero) is 1. The summed E-state index contributed by atoms with van der Waals surface area (Å²) in [5.74, 6) is -1.22. The molecule has 0 fully saturated rings. The Bertz CT molecular complexity index is 156. The minimum Gasteiger partial charge on any atom is -0.550 e. The van der Waals surface area contributed by atoms with Gasteiger partial charge in [0.2, 0.25) is 0 Å². The molecular formula is C7H10ClO3-. The van der Waals surface area contributed by atoms with Crippen molar-refractivity contribution in [2.75, 3.05) is 0 Å². The van der Waals surface area contributed by atoms with Crippen molar-refractivity contribution in [2.24, 2.45) is 0 Å². The molecule has 0 aliphatic heterocycles. The van der Waals surface area contributed by atoms with Gasteiger partial charge < -0.3 is 9.90 Å². The van der Waals surface area contributed by atoms with Gasteiger partial charge in [0.25, 0.3) is 0 Å². The van der Waals surface area contributed by atoms with Crippen LogP contribution in [0.4, 0.5) is 0 Å². The zero-order valence-corrected chi connectivity index (χ0v) is 7.06.